The second-order valence-electron chi connectivity index (χ2n) is 5.22. The van der Waals surface area contributed by atoms with E-state index in [9.17, 15) is 0 Å². The standard InChI is InChI=1S/C16H20N2OS/c1-19-15-7-9-18(12-16-17-8-10-20-16)14(15)11-13-5-3-2-4-6-13/h2-6,8,10,14-15H,7,9,11-12H2,1H3/t14-,15+/m0/s1. The first-order valence-electron chi connectivity index (χ1n) is 7.06. The predicted octanol–water partition coefficient (Wildman–Crippen LogP) is 2.98. The Morgan fingerprint density at radius 3 is 2.90 bits per heavy atom. The van der Waals surface area contributed by atoms with Crippen molar-refractivity contribution in [3.8, 4) is 0 Å². The Bertz CT molecular complexity index is 515. The van der Waals surface area contributed by atoms with Crippen LogP contribution in [0.5, 0.6) is 0 Å². The average Bonchev–Trinajstić information content (AvgIpc) is 3.11. The van der Waals surface area contributed by atoms with Crippen molar-refractivity contribution in [1.82, 2.24) is 9.88 Å². The second-order valence-corrected chi connectivity index (χ2v) is 6.20. The van der Waals surface area contributed by atoms with Crippen LogP contribution in [0, 0.1) is 0 Å². The molecule has 20 heavy (non-hydrogen) atoms. The molecule has 0 bridgehead atoms. The molecule has 0 saturated carbocycles. The molecule has 3 nitrogen and oxygen atoms in total. The van der Waals surface area contributed by atoms with Crippen molar-refractivity contribution < 1.29 is 4.74 Å². The summed E-state index contributed by atoms with van der Waals surface area (Å²) in [6.45, 7) is 2.03. The molecule has 1 saturated heterocycles. The number of likely N-dealkylation sites (tertiary alicyclic amines) is 1. The van der Waals surface area contributed by atoms with E-state index < -0.39 is 0 Å². The maximum atomic E-state index is 5.69. The Morgan fingerprint density at radius 1 is 1.35 bits per heavy atom. The van der Waals surface area contributed by atoms with Gasteiger partial charge in [0, 0.05) is 31.3 Å². The highest BCUT2D eigenvalue weighted by atomic mass is 32.1. The summed E-state index contributed by atoms with van der Waals surface area (Å²) < 4.78 is 5.69. The summed E-state index contributed by atoms with van der Waals surface area (Å²) in [6, 6.07) is 11.1. The zero-order chi connectivity index (χ0) is 13.8. The van der Waals surface area contributed by atoms with Crippen molar-refractivity contribution in [2.75, 3.05) is 13.7 Å². The highest BCUT2D eigenvalue weighted by Crippen LogP contribution is 2.26. The van der Waals surface area contributed by atoms with Gasteiger partial charge in [0.2, 0.25) is 0 Å². The van der Waals surface area contributed by atoms with Crippen LogP contribution in [0.3, 0.4) is 0 Å². The number of rotatable bonds is 5. The van der Waals surface area contributed by atoms with Crippen molar-refractivity contribution in [3.05, 3.63) is 52.5 Å². The second kappa shape index (κ2) is 6.48. The average molecular weight is 288 g/mol. The molecule has 106 valence electrons. The van der Waals surface area contributed by atoms with Gasteiger partial charge in [-0.2, -0.15) is 0 Å². The molecular formula is C16H20N2OS. The van der Waals surface area contributed by atoms with Gasteiger partial charge in [0.15, 0.2) is 0 Å². The molecule has 0 N–H and O–H groups in total. The van der Waals surface area contributed by atoms with Crippen molar-refractivity contribution >= 4 is 11.3 Å². The quantitative estimate of drug-likeness (QED) is 0.846. The number of methoxy groups -OCH3 is 1. The van der Waals surface area contributed by atoms with E-state index in [1.807, 2.05) is 18.7 Å². The molecule has 3 rings (SSSR count). The highest BCUT2D eigenvalue weighted by molar-refractivity contribution is 7.09. The third kappa shape index (κ3) is 3.08. The first-order valence-corrected chi connectivity index (χ1v) is 7.94. The van der Waals surface area contributed by atoms with Gasteiger partial charge >= 0.3 is 0 Å². The van der Waals surface area contributed by atoms with E-state index in [4.69, 9.17) is 4.74 Å². The van der Waals surface area contributed by atoms with Crippen molar-refractivity contribution in [2.24, 2.45) is 0 Å². The maximum Gasteiger partial charge on any atom is 0.107 e. The Kier molecular flexibility index (Phi) is 4.45. The molecule has 0 radical (unpaired) electrons. The zero-order valence-corrected chi connectivity index (χ0v) is 12.6. The number of benzene rings is 1. The molecular weight excluding hydrogens is 268 g/mol. The summed E-state index contributed by atoms with van der Waals surface area (Å²) >= 11 is 1.73. The number of thiazole rings is 1. The van der Waals surface area contributed by atoms with Crippen molar-refractivity contribution in [1.29, 1.82) is 0 Å². The van der Waals surface area contributed by atoms with Gasteiger partial charge in [0.05, 0.1) is 12.6 Å². The van der Waals surface area contributed by atoms with Crippen LogP contribution in [0.4, 0.5) is 0 Å². The van der Waals surface area contributed by atoms with Crippen LogP contribution in [-0.2, 0) is 17.7 Å². The Balaban J connectivity index is 1.72. The maximum absolute atomic E-state index is 5.69. The molecule has 2 atom stereocenters. The fraction of sp³-hybridized carbons (Fsp3) is 0.438. The molecule has 1 aromatic carbocycles. The SMILES string of the molecule is CO[C@@H]1CCN(Cc2nccs2)[C@H]1Cc1ccccc1. The largest absolute Gasteiger partial charge is 0.380 e. The van der Waals surface area contributed by atoms with Crippen LogP contribution in [0.25, 0.3) is 0 Å². The van der Waals surface area contributed by atoms with Crippen molar-refractivity contribution in [2.45, 2.75) is 31.5 Å². The Labute approximate surface area is 124 Å². The minimum Gasteiger partial charge on any atom is -0.380 e. The van der Waals surface area contributed by atoms with E-state index >= 15 is 0 Å². The predicted molar refractivity (Wildman–Crippen MR) is 81.9 cm³/mol. The number of hydrogen-bond donors (Lipinski definition) is 0. The minimum atomic E-state index is 0.329. The molecule has 0 spiro atoms. The van der Waals surface area contributed by atoms with E-state index in [-0.39, 0.29) is 0 Å². The molecule has 2 heterocycles. The van der Waals surface area contributed by atoms with Gasteiger partial charge in [0.1, 0.15) is 5.01 Å². The number of nitrogens with zero attached hydrogens (tertiary/aromatic N) is 2. The van der Waals surface area contributed by atoms with Crippen LogP contribution in [0.2, 0.25) is 0 Å². The molecule has 1 aliphatic heterocycles. The van der Waals surface area contributed by atoms with Gasteiger partial charge in [-0.25, -0.2) is 4.98 Å². The van der Waals surface area contributed by atoms with E-state index in [1.165, 1.54) is 10.6 Å². The topological polar surface area (TPSA) is 25.4 Å². The summed E-state index contributed by atoms with van der Waals surface area (Å²) in [7, 11) is 1.83. The van der Waals surface area contributed by atoms with E-state index in [2.05, 4.69) is 40.2 Å². The molecule has 4 heteroatoms. The lowest BCUT2D eigenvalue weighted by Gasteiger charge is -2.27. The van der Waals surface area contributed by atoms with Gasteiger partial charge in [-0.05, 0) is 18.4 Å². The molecule has 0 aliphatic carbocycles. The third-order valence-electron chi connectivity index (χ3n) is 4.01. The zero-order valence-electron chi connectivity index (χ0n) is 11.7. The third-order valence-corrected chi connectivity index (χ3v) is 4.78. The summed E-state index contributed by atoms with van der Waals surface area (Å²) in [5.74, 6) is 0. The Hall–Kier alpha value is -1.23. The number of hydrogen-bond acceptors (Lipinski definition) is 4. The first-order chi connectivity index (χ1) is 9.86. The fourth-order valence-electron chi connectivity index (χ4n) is 2.98. The van der Waals surface area contributed by atoms with E-state index in [0.29, 0.717) is 12.1 Å². The molecule has 1 aliphatic rings. The lowest BCUT2D eigenvalue weighted by Crippen LogP contribution is -2.37. The van der Waals surface area contributed by atoms with E-state index in [0.717, 1.165) is 25.9 Å². The lowest BCUT2D eigenvalue weighted by atomic mass is 10.0. The van der Waals surface area contributed by atoms with E-state index in [1.54, 1.807) is 11.3 Å². The fourth-order valence-corrected chi connectivity index (χ4v) is 3.62. The van der Waals surface area contributed by atoms with Crippen LogP contribution in [-0.4, -0.2) is 35.7 Å². The van der Waals surface area contributed by atoms with Gasteiger partial charge in [-0.3, -0.25) is 4.90 Å². The lowest BCUT2D eigenvalue weighted by molar-refractivity contribution is 0.0638. The molecule has 2 aromatic rings. The van der Waals surface area contributed by atoms with Gasteiger partial charge in [-0.15, -0.1) is 11.3 Å². The number of aromatic nitrogens is 1. The van der Waals surface area contributed by atoms with Gasteiger partial charge in [-0.1, -0.05) is 30.3 Å². The van der Waals surface area contributed by atoms with Crippen LogP contribution in [0.1, 0.15) is 17.0 Å². The summed E-state index contributed by atoms with van der Waals surface area (Å²) in [5.41, 5.74) is 1.38. The molecule has 0 unspecified atom stereocenters. The summed E-state index contributed by atoms with van der Waals surface area (Å²) in [4.78, 5) is 6.92. The normalized spacial score (nSPS) is 23.2. The molecule has 1 fully saturated rings. The molecule has 0 amide bonds. The van der Waals surface area contributed by atoms with Crippen LogP contribution in [0.15, 0.2) is 41.9 Å². The van der Waals surface area contributed by atoms with Crippen LogP contribution >= 0.6 is 11.3 Å². The first kappa shape index (κ1) is 13.7. The molecule has 1 aromatic heterocycles. The summed E-state index contributed by atoms with van der Waals surface area (Å²) in [5, 5.41) is 3.24. The monoisotopic (exact) mass is 288 g/mol. The van der Waals surface area contributed by atoms with Gasteiger partial charge < -0.3 is 4.74 Å². The highest BCUT2D eigenvalue weighted by Gasteiger charge is 2.34. The van der Waals surface area contributed by atoms with Crippen molar-refractivity contribution in [3.63, 3.8) is 0 Å². The summed E-state index contributed by atoms with van der Waals surface area (Å²) in [6.07, 6.45) is 4.37. The number of ether oxygens (including phenoxy) is 1. The minimum absolute atomic E-state index is 0.329. The van der Waals surface area contributed by atoms with Gasteiger partial charge in [0.25, 0.3) is 0 Å². The smallest absolute Gasteiger partial charge is 0.107 e. The van der Waals surface area contributed by atoms with Crippen LogP contribution < -0.4 is 0 Å². The Morgan fingerprint density at radius 2 is 2.20 bits per heavy atom.